The van der Waals surface area contributed by atoms with Crippen LogP contribution in [0.5, 0.6) is 0 Å². The number of hydrogen-bond acceptors (Lipinski definition) is 3. The standard InChI is InChI=1S/C19H24N4O/c24-18-16-8-4-5-9-17(16)20-19(21-18)23-12-10-22(11-13-23)14-15-6-2-1-3-7-15/h1-3,6-7H,4-5,8-14H2,(H,20,21,24)/p+1. The van der Waals surface area contributed by atoms with Gasteiger partial charge in [0, 0.05) is 11.1 Å². The Bertz CT molecular complexity index is 748. The average Bonchev–Trinajstić information content (AvgIpc) is 2.63. The quantitative estimate of drug-likeness (QED) is 0.867. The minimum atomic E-state index is 0.0776. The fraction of sp³-hybridized carbons (Fsp3) is 0.474. The van der Waals surface area contributed by atoms with Gasteiger partial charge in [-0.1, -0.05) is 30.3 Å². The maximum Gasteiger partial charge on any atom is 0.255 e. The molecule has 0 amide bonds. The molecule has 1 aliphatic carbocycles. The first-order chi connectivity index (χ1) is 11.8. The molecule has 0 unspecified atom stereocenters. The molecular weight excluding hydrogens is 300 g/mol. The highest BCUT2D eigenvalue weighted by Gasteiger charge is 2.23. The van der Waals surface area contributed by atoms with Crippen LogP contribution in [0.25, 0.3) is 0 Å². The van der Waals surface area contributed by atoms with Crippen molar-refractivity contribution in [1.29, 1.82) is 0 Å². The Balaban J connectivity index is 1.42. The maximum atomic E-state index is 12.3. The van der Waals surface area contributed by atoms with Crippen molar-refractivity contribution >= 4 is 5.95 Å². The van der Waals surface area contributed by atoms with Gasteiger partial charge in [-0.3, -0.25) is 9.78 Å². The molecule has 2 aromatic rings. The number of H-pyrrole nitrogens is 1. The van der Waals surface area contributed by atoms with Crippen LogP contribution in [0.15, 0.2) is 35.1 Å². The molecule has 4 rings (SSSR count). The lowest BCUT2D eigenvalue weighted by atomic mass is 9.97. The molecule has 1 saturated heterocycles. The summed E-state index contributed by atoms with van der Waals surface area (Å²) in [6.45, 7) is 5.13. The van der Waals surface area contributed by atoms with E-state index in [2.05, 4.69) is 40.2 Å². The summed E-state index contributed by atoms with van der Waals surface area (Å²) in [4.78, 5) is 23.9. The first-order valence-electron chi connectivity index (χ1n) is 9.04. The molecule has 0 spiro atoms. The highest BCUT2D eigenvalue weighted by molar-refractivity contribution is 5.34. The molecule has 24 heavy (non-hydrogen) atoms. The predicted molar refractivity (Wildman–Crippen MR) is 94.6 cm³/mol. The Kier molecular flexibility index (Phi) is 4.34. The zero-order valence-electron chi connectivity index (χ0n) is 14.1. The van der Waals surface area contributed by atoms with Crippen LogP contribution in [0, 0.1) is 0 Å². The second kappa shape index (κ2) is 6.77. The van der Waals surface area contributed by atoms with Crippen molar-refractivity contribution in [2.75, 3.05) is 31.1 Å². The summed E-state index contributed by atoms with van der Waals surface area (Å²) >= 11 is 0. The molecule has 1 aromatic heterocycles. The van der Waals surface area contributed by atoms with Gasteiger partial charge in [0.15, 0.2) is 0 Å². The van der Waals surface area contributed by atoms with Gasteiger partial charge in [-0.15, -0.1) is 0 Å². The highest BCUT2D eigenvalue weighted by Crippen LogP contribution is 2.18. The number of benzene rings is 1. The van der Waals surface area contributed by atoms with E-state index in [4.69, 9.17) is 4.98 Å². The molecule has 2 N–H and O–H groups in total. The summed E-state index contributed by atoms with van der Waals surface area (Å²) in [7, 11) is 0. The molecule has 5 heteroatoms. The third kappa shape index (κ3) is 3.22. The van der Waals surface area contributed by atoms with E-state index in [0.717, 1.165) is 75.6 Å². The van der Waals surface area contributed by atoms with Crippen molar-refractivity contribution in [2.45, 2.75) is 32.2 Å². The largest absolute Gasteiger partial charge is 0.331 e. The van der Waals surface area contributed by atoms with E-state index in [9.17, 15) is 4.79 Å². The van der Waals surface area contributed by atoms with Gasteiger partial charge >= 0.3 is 0 Å². The number of fused-ring (bicyclic) bond motifs is 1. The number of quaternary nitrogens is 1. The van der Waals surface area contributed by atoms with E-state index >= 15 is 0 Å². The summed E-state index contributed by atoms with van der Waals surface area (Å²) in [5.74, 6) is 0.777. The normalized spacial score (nSPS) is 18.4. The Morgan fingerprint density at radius 2 is 1.83 bits per heavy atom. The van der Waals surface area contributed by atoms with Crippen LogP contribution in [0.4, 0.5) is 5.95 Å². The van der Waals surface area contributed by atoms with Gasteiger partial charge in [0.25, 0.3) is 5.56 Å². The van der Waals surface area contributed by atoms with Crippen LogP contribution in [-0.2, 0) is 19.4 Å². The van der Waals surface area contributed by atoms with Crippen LogP contribution in [0.1, 0.15) is 29.7 Å². The van der Waals surface area contributed by atoms with E-state index < -0.39 is 0 Å². The van der Waals surface area contributed by atoms with E-state index in [1.54, 1.807) is 4.90 Å². The van der Waals surface area contributed by atoms with E-state index in [1.807, 2.05) is 0 Å². The zero-order valence-corrected chi connectivity index (χ0v) is 14.1. The molecule has 0 radical (unpaired) electrons. The van der Waals surface area contributed by atoms with Crippen LogP contribution < -0.4 is 15.4 Å². The Morgan fingerprint density at radius 1 is 1.08 bits per heavy atom. The van der Waals surface area contributed by atoms with Gasteiger partial charge in [0.1, 0.15) is 6.54 Å². The molecule has 1 aliphatic heterocycles. The minimum Gasteiger partial charge on any atom is -0.331 e. The lowest BCUT2D eigenvalue weighted by Gasteiger charge is -2.33. The monoisotopic (exact) mass is 325 g/mol. The van der Waals surface area contributed by atoms with Gasteiger partial charge < -0.3 is 9.80 Å². The fourth-order valence-electron chi connectivity index (χ4n) is 3.84. The summed E-state index contributed by atoms with van der Waals surface area (Å²) in [5, 5.41) is 0. The van der Waals surface area contributed by atoms with Crippen molar-refractivity contribution in [3.8, 4) is 0 Å². The molecule has 1 aromatic carbocycles. The van der Waals surface area contributed by atoms with Crippen LogP contribution in [0.2, 0.25) is 0 Å². The van der Waals surface area contributed by atoms with Crippen molar-refractivity contribution in [1.82, 2.24) is 9.97 Å². The number of nitrogens with zero attached hydrogens (tertiary/aromatic N) is 2. The smallest absolute Gasteiger partial charge is 0.255 e. The Labute approximate surface area is 142 Å². The summed E-state index contributed by atoms with van der Waals surface area (Å²) in [5.41, 5.74) is 3.41. The fourth-order valence-corrected chi connectivity index (χ4v) is 3.84. The van der Waals surface area contributed by atoms with Crippen LogP contribution in [0.3, 0.4) is 0 Å². The second-order valence-corrected chi connectivity index (χ2v) is 6.92. The number of rotatable bonds is 3. The summed E-state index contributed by atoms with van der Waals surface area (Å²) in [6, 6.07) is 10.7. The third-order valence-electron chi connectivity index (χ3n) is 5.25. The van der Waals surface area contributed by atoms with Gasteiger partial charge in [-0.05, 0) is 25.7 Å². The first kappa shape index (κ1) is 15.4. The maximum absolute atomic E-state index is 12.3. The number of hydrogen-bond donors (Lipinski definition) is 2. The number of aryl methyl sites for hydroxylation is 1. The number of aromatic amines is 1. The SMILES string of the molecule is O=c1[nH]c(N2CC[NH+](Cc3ccccc3)CC2)nc2c1CCCC2. The predicted octanol–water partition coefficient (Wildman–Crippen LogP) is 0.554. The molecule has 5 nitrogen and oxygen atoms in total. The second-order valence-electron chi connectivity index (χ2n) is 6.92. The number of aromatic nitrogens is 2. The number of piperazine rings is 1. The lowest BCUT2D eigenvalue weighted by Crippen LogP contribution is -3.13. The Morgan fingerprint density at radius 3 is 2.62 bits per heavy atom. The van der Waals surface area contributed by atoms with E-state index in [0.29, 0.717) is 0 Å². The van der Waals surface area contributed by atoms with Crippen molar-refractivity contribution in [2.24, 2.45) is 0 Å². The zero-order chi connectivity index (χ0) is 16.4. The van der Waals surface area contributed by atoms with Crippen molar-refractivity contribution < 1.29 is 4.90 Å². The van der Waals surface area contributed by atoms with E-state index in [1.165, 1.54) is 5.56 Å². The highest BCUT2D eigenvalue weighted by atomic mass is 16.1. The molecule has 1 fully saturated rings. The van der Waals surface area contributed by atoms with Crippen LogP contribution in [-0.4, -0.2) is 36.1 Å². The van der Waals surface area contributed by atoms with Crippen molar-refractivity contribution in [3.63, 3.8) is 0 Å². The summed E-state index contributed by atoms with van der Waals surface area (Å²) < 4.78 is 0. The van der Waals surface area contributed by atoms with E-state index in [-0.39, 0.29) is 5.56 Å². The van der Waals surface area contributed by atoms with Gasteiger partial charge in [-0.25, -0.2) is 4.98 Å². The average molecular weight is 325 g/mol. The molecule has 0 bridgehead atoms. The molecule has 0 atom stereocenters. The topological polar surface area (TPSA) is 53.4 Å². The molecule has 2 heterocycles. The molecule has 0 saturated carbocycles. The van der Waals surface area contributed by atoms with Gasteiger partial charge in [0.2, 0.25) is 5.95 Å². The Hall–Kier alpha value is -2.14. The number of nitrogens with one attached hydrogen (secondary N) is 2. The minimum absolute atomic E-state index is 0.0776. The van der Waals surface area contributed by atoms with Crippen molar-refractivity contribution in [3.05, 3.63) is 57.5 Å². The molecule has 126 valence electrons. The van der Waals surface area contributed by atoms with Gasteiger partial charge in [-0.2, -0.15) is 0 Å². The number of anilines is 1. The summed E-state index contributed by atoms with van der Waals surface area (Å²) in [6.07, 6.45) is 4.09. The molecule has 2 aliphatic rings. The van der Waals surface area contributed by atoms with Gasteiger partial charge in [0.05, 0.1) is 31.9 Å². The third-order valence-corrected chi connectivity index (χ3v) is 5.25. The lowest BCUT2D eigenvalue weighted by molar-refractivity contribution is -0.914. The van der Waals surface area contributed by atoms with Crippen LogP contribution >= 0.6 is 0 Å². The first-order valence-corrected chi connectivity index (χ1v) is 9.04. The molecular formula is C19H25N4O+.